The maximum absolute atomic E-state index is 10.2. The summed E-state index contributed by atoms with van der Waals surface area (Å²) in [4.78, 5) is 14.5. The van der Waals surface area contributed by atoms with Crippen LogP contribution in [0.15, 0.2) is 0 Å². The summed E-state index contributed by atoms with van der Waals surface area (Å²) in [5.41, 5.74) is 7.70. The molecule has 0 aliphatic heterocycles. The summed E-state index contributed by atoms with van der Waals surface area (Å²) < 4.78 is 0. The highest BCUT2D eigenvalue weighted by molar-refractivity contribution is 5.73. The van der Waals surface area contributed by atoms with Gasteiger partial charge in [0.25, 0.3) is 0 Å². The third kappa shape index (κ3) is 9.26. The molecule has 0 aliphatic carbocycles. The first-order valence-corrected chi connectivity index (χ1v) is 4.19. The molecule has 0 fully saturated rings. The Morgan fingerprint density at radius 2 is 2.08 bits per heavy atom. The van der Waals surface area contributed by atoms with Crippen molar-refractivity contribution < 1.29 is 14.7 Å². The van der Waals surface area contributed by atoms with Gasteiger partial charge in [0.05, 0.1) is 7.11 Å². The fourth-order valence-electron chi connectivity index (χ4n) is 0.497. The van der Waals surface area contributed by atoms with Crippen molar-refractivity contribution in [1.29, 1.82) is 0 Å². The molecule has 0 aliphatic rings. The largest absolute Gasteiger partial charge is 0.480 e. The molecule has 0 saturated heterocycles. The van der Waals surface area contributed by atoms with E-state index in [1.165, 1.54) is 0 Å². The van der Waals surface area contributed by atoms with Crippen molar-refractivity contribution in [2.45, 2.75) is 26.3 Å². The number of carboxylic acids is 1. The first kappa shape index (κ1) is 14.9. The van der Waals surface area contributed by atoms with Gasteiger partial charge in [-0.1, -0.05) is 20.3 Å². The minimum Gasteiger partial charge on any atom is -0.480 e. The predicted molar refractivity (Wildman–Crippen MR) is 51.1 cm³/mol. The zero-order valence-electron chi connectivity index (χ0n) is 8.70. The van der Waals surface area contributed by atoms with Gasteiger partial charge in [0, 0.05) is 7.05 Å². The van der Waals surface area contributed by atoms with Crippen molar-refractivity contribution in [1.82, 2.24) is 5.48 Å². The SMILES string of the molecule is CC[C@H](C)[C@H](N)C(=O)O.CNOC. The second-order valence-corrected chi connectivity index (χ2v) is 2.66. The molecule has 0 heterocycles. The molecule has 5 heteroatoms. The third-order valence-corrected chi connectivity index (χ3v) is 1.75. The maximum Gasteiger partial charge on any atom is 0.320 e. The quantitative estimate of drug-likeness (QED) is 0.554. The monoisotopic (exact) mass is 192 g/mol. The van der Waals surface area contributed by atoms with E-state index >= 15 is 0 Å². The molecule has 80 valence electrons. The molecule has 13 heavy (non-hydrogen) atoms. The van der Waals surface area contributed by atoms with Gasteiger partial charge in [-0.3, -0.25) is 4.79 Å². The molecule has 0 aromatic carbocycles. The van der Waals surface area contributed by atoms with Crippen LogP contribution in [-0.4, -0.2) is 31.3 Å². The van der Waals surface area contributed by atoms with Crippen LogP contribution in [0, 0.1) is 5.92 Å². The summed E-state index contributed by atoms with van der Waals surface area (Å²) >= 11 is 0. The van der Waals surface area contributed by atoms with E-state index < -0.39 is 12.0 Å². The normalized spacial score (nSPS) is 13.9. The van der Waals surface area contributed by atoms with Gasteiger partial charge >= 0.3 is 5.97 Å². The number of nitrogens with one attached hydrogen (secondary N) is 1. The van der Waals surface area contributed by atoms with Gasteiger partial charge < -0.3 is 15.7 Å². The highest BCUT2D eigenvalue weighted by Gasteiger charge is 2.17. The molecular weight excluding hydrogens is 172 g/mol. The highest BCUT2D eigenvalue weighted by Crippen LogP contribution is 2.04. The van der Waals surface area contributed by atoms with E-state index in [9.17, 15) is 4.79 Å². The van der Waals surface area contributed by atoms with Gasteiger partial charge in [-0.25, -0.2) is 5.48 Å². The fourth-order valence-corrected chi connectivity index (χ4v) is 0.497. The zero-order chi connectivity index (χ0) is 10.9. The van der Waals surface area contributed by atoms with Crippen LogP contribution in [0.25, 0.3) is 0 Å². The van der Waals surface area contributed by atoms with Crippen LogP contribution in [0.5, 0.6) is 0 Å². The molecule has 4 N–H and O–H groups in total. The minimum atomic E-state index is -0.913. The first-order chi connectivity index (χ1) is 6.01. The molecule has 0 saturated carbocycles. The highest BCUT2D eigenvalue weighted by atomic mass is 16.6. The number of hydrogen-bond acceptors (Lipinski definition) is 4. The molecule has 2 atom stereocenters. The van der Waals surface area contributed by atoms with E-state index in [1.54, 1.807) is 14.2 Å². The topological polar surface area (TPSA) is 84.6 Å². The molecule has 5 nitrogen and oxygen atoms in total. The second-order valence-electron chi connectivity index (χ2n) is 2.66. The third-order valence-electron chi connectivity index (χ3n) is 1.75. The van der Waals surface area contributed by atoms with E-state index in [4.69, 9.17) is 10.8 Å². The van der Waals surface area contributed by atoms with E-state index in [2.05, 4.69) is 10.3 Å². The van der Waals surface area contributed by atoms with Crippen LogP contribution >= 0.6 is 0 Å². The Morgan fingerprint density at radius 1 is 1.69 bits per heavy atom. The van der Waals surface area contributed by atoms with Crippen LogP contribution in [0.4, 0.5) is 0 Å². The van der Waals surface area contributed by atoms with Crippen molar-refractivity contribution in [2.24, 2.45) is 11.7 Å². The summed E-state index contributed by atoms with van der Waals surface area (Å²) in [6, 6.07) is -0.699. The van der Waals surface area contributed by atoms with Crippen molar-refractivity contribution in [3.05, 3.63) is 0 Å². The fraction of sp³-hybridized carbons (Fsp3) is 0.875. The van der Waals surface area contributed by atoms with Crippen LogP contribution in [0.2, 0.25) is 0 Å². The molecule has 0 aromatic heterocycles. The van der Waals surface area contributed by atoms with Crippen LogP contribution in [0.1, 0.15) is 20.3 Å². The molecule has 0 bridgehead atoms. The molecule has 0 unspecified atom stereocenters. The lowest BCUT2D eigenvalue weighted by Gasteiger charge is -2.11. The average Bonchev–Trinajstić information content (AvgIpc) is 2.15. The zero-order valence-corrected chi connectivity index (χ0v) is 8.70. The molecule has 0 rings (SSSR count). The lowest BCUT2D eigenvalue weighted by Crippen LogP contribution is -2.36. The Hall–Kier alpha value is -0.650. The van der Waals surface area contributed by atoms with E-state index in [1.807, 2.05) is 13.8 Å². The summed E-state index contributed by atoms with van der Waals surface area (Å²) in [6.07, 6.45) is 0.813. The van der Waals surface area contributed by atoms with E-state index in [0.717, 1.165) is 6.42 Å². The number of aliphatic carboxylic acids is 1. The van der Waals surface area contributed by atoms with Gasteiger partial charge in [-0.15, -0.1) is 0 Å². The van der Waals surface area contributed by atoms with Gasteiger partial charge in [0.1, 0.15) is 6.04 Å². The smallest absolute Gasteiger partial charge is 0.320 e. The number of nitrogens with two attached hydrogens (primary N) is 1. The van der Waals surface area contributed by atoms with E-state index in [0.29, 0.717) is 0 Å². The van der Waals surface area contributed by atoms with Gasteiger partial charge in [0.2, 0.25) is 0 Å². The van der Waals surface area contributed by atoms with Gasteiger partial charge in [-0.05, 0) is 5.92 Å². The number of hydroxylamine groups is 1. The Labute approximate surface area is 79.2 Å². The Balaban J connectivity index is 0. The molecule has 0 spiro atoms. The molecular formula is C8H20N2O3. The summed E-state index contributed by atoms with van der Waals surface area (Å²) in [7, 11) is 3.28. The van der Waals surface area contributed by atoms with Crippen molar-refractivity contribution in [2.75, 3.05) is 14.2 Å². The minimum absolute atomic E-state index is 0.0718. The van der Waals surface area contributed by atoms with Crippen molar-refractivity contribution in [3.63, 3.8) is 0 Å². The van der Waals surface area contributed by atoms with Crippen molar-refractivity contribution in [3.8, 4) is 0 Å². The Bertz CT molecular complexity index is 129. The van der Waals surface area contributed by atoms with Gasteiger partial charge in [0.15, 0.2) is 0 Å². The summed E-state index contributed by atoms with van der Waals surface area (Å²) in [5.74, 6) is -0.841. The molecule has 0 amide bonds. The predicted octanol–water partition coefficient (Wildman–Crippen LogP) is 0.212. The Kier molecular flexibility index (Phi) is 10.8. The Morgan fingerprint density at radius 3 is 2.15 bits per heavy atom. The van der Waals surface area contributed by atoms with Crippen LogP contribution in [-0.2, 0) is 9.63 Å². The summed E-state index contributed by atoms with van der Waals surface area (Å²) in [5, 5.41) is 8.36. The average molecular weight is 192 g/mol. The first-order valence-electron chi connectivity index (χ1n) is 4.19. The molecule has 0 radical (unpaired) electrons. The summed E-state index contributed by atoms with van der Waals surface area (Å²) in [6.45, 7) is 3.76. The van der Waals surface area contributed by atoms with Crippen LogP contribution in [0.3, 0.4) is 0 Å². The standard InChI is InChI=1S/C6H13NO2.C2H7NO/c1-3-4(2)5(7)6(8)9;1-3-4-2/h4-5H,3,7H2,1-2H3,(H,8,9);3H,1-2H3/t4-,5-;/m0./s1. The van der Waals surface area contributed by atoms with E-state index in [-0.39, 0.29) is 5.92 Å². The number of carboxylic acid groups (broad SMARTS) is 1. The number of hydrogen-bond donors (Lipinski definition) is 3. The van der Waals surface area contributed by atoms with Crippen molar-refractivity contribution >= 4 is 5.97 Å². The lowest BCUT2D eigenvalue weighted by molar-refractivity contribution is -0.139. The maximum atomic E-state index is 10.2. The molecule has 0 aromatic rings. The lowest BCUT2D eigenvalue weighted by atomic mass is 10.0. The van der Waals surface area contributed by atoms with Crippen LogP contribution < -0.4 is 11.2 Å². The second kappa shape index (κ2) is 9.44. The number of carbonyl (C=O) groups is 1. The number of rotatable bonds is 4. The van der Waals surface area contributed by atoms with Gasteiger partial charge in [-0.2, -0.15) is 0 Å².